The fourth-order valence-corrected chi connectivity index (χ4v) is 4.17. The van der Waals surface area contributed by atoms with E-state index < -0.39 is 5.41 Å². The van der Waals surface area contributed by atoms with Crippen molar-refractivity contribution < 1.29 is 23.9 Å². The Bertz CT molecular complexity index is 973. The van der Waals surface area contributed by atoms with E-state index >= 15 is 0 Å². The third-order valence-corrected chi connectivity index (χ3v) is 6.46. The minimum atomic E-state index is -0.425. The summed E-state index contributed by atoms with van der Waals surface area (Å²) in [7, 11) is 0. The van der Waals surface area contributed by atoms with Crippen LogP contribution in [0.25, 0.3) is 0 Å². The highest BCUT2D eigenvalue weighted by molar-refractivity contribution is 5.96. The second-order valence-corrected chi connectivity index (χ2v) is 9.27. The summed E-state index contributed by atoms with van der Waals surface area (Å²) in [5.41, 5.74) is 1.94. The molecule has 0 atom stereocenters. The standard InChI is InChI=1S/C28H35NO5/c1-4-33-27(32)28(3)17-15-24(16-18-28)34-23-13-11-21(12-14-23)25(30)6-5-19-29-26(31)22-9-7-20(2)8-10-22/h7-14,24H,4-6,15-19H2,1-3H3,(H,29,31). The normalized spacial score (nSPS) is 19.8. The Morgan fingerprint density at radius 3 is 2.21 bits per heavy atom. The molecule has 6 heteroatoms. The van der Waals surface area contributed by atoms with E-state index in [1.165, 1.54) is 0 Å². The average Bonchev–Trinajstić information content (AvgIpc) is 2.84. The Kier molecular flexibility index (Phi) is 8.85. The van der Waals surface area contributed by atoms with Crippen LogP contribution < -0.4 is 10.1 Å². The SMILES string of the molecule is CCOC(=O)C1(C)CCC(Oc2ccc(C(=O)CCCNC(=O)c3ccc(C)cc3)cc2)CC1. The van der Waals surface area contributed by atoms with E-state index in [1.807, 2.05) is 45.0 Å². The summed E-state index contributed by atoms with van der Waals surface area (Å²) in [6.45, 7) is 6.63. The Balaban J connectivity index is 1.39. The molecule has 0 aromatic heterocycles. The molecule has 1 saturated carbocycles. The number of Topliss-reactive ketones (excluding diaryl/α,β-unsaturated/α-hetero) is 1. The molecule has 6 nitrogen and oxygen atoms in total. The van der Waals surface area contributed by atoms with Gasteiger partial charge in [0.25, 0.3) is 5.91 Å². The van der Waals surface area contributed by atoms with Crippen molar-refractivity contribution in [3.8, 4) is 5.75 Å². The zero-order valence-electron chi connectivity index (χ0n) is 20.4. The van der Waals surface area contributed by atoms with E-state index in [-0.39, 0.29) is 23.8 Å². The number of benzene rings is 2. The third kappa shape index (κ3) is 6.92. The molecule has 0 saturated heterocycles. The summed E-state index contributed by atoms with van der Waals surface area (Å²) in [5, 5.41) is 2.86. The Morgan fingerprint density at radius 1 is 0.971 bits per heavy atom. The molecule has 0 unspecified atom stereocenters. The molecule has 182 valence electrons. The summed E-state index contributed by atoms with van der Waals surface area (Å²) in [6, 6.07) is 14.6. The zero-order chi connectivity index (χ0) is 24.6. The first-order valence-electron chi connectivity index (χ1n) is 12.1. The quantitative estimate of drug-likeness (QED) is 0.293. The minimum absolute atomic E-state index is 0.0407. The number of ether oxygens (including phenoxy) is 2. The molecule has 1 N–H and O–H groups in total. The van der Waals surface area contributed by atoms with E-state index in [0.717, 1.165) is 37.0 Å². The van der Waals surface area contributed by atoms with Crippen LogP contribution in [-0.4, -0.2) is 36.9 Å². The van der Waals surface area contributed by atoms with Gasteiger partial charge in [0.15, 0.2) is 5.78 Å². The second-order valence-electron chi connectivity index (χ2n) is 9.27. The number of amides is 1. The van der Waals surface area contributed by atoms with Gasteiger partial charge in [-0.15, -0.1) is 0 Å². The first kappa shape index (κ1) is 25.5. The van der Waals surface area contributed by atoms with Crippen molar-refractivity contribution in [2.45, 2.75) is 65.4 Å². The fraction of sp³-hybridized carbons (Fsp3) is 0.464. The Hall–Kier alpha value is -3.15. The van der Waals surface area contributed by atoms with E-state index in [0.29, 0.717) is 37.1 Å². The predicted molar refractivity (Wildman–Crippen MR) is 131 cm³/mol. The number of ketones is 1. The van der Waals surface area contributed by atoms with Crippen molar-refractivity contribution in [3.63, 3.8) is 0 Å². The molecule has 0 bridgehead atoms. The molecular formula is C28H35NO5. The van der Waals surface area contributed by atoms with Crippen molar-refractivity contribution in [2.24, 2.45) is 5.41 Å². The summed E-state index contributed by atoms with van der Waals surface area (Å²) >= 11 is 0. The molecule has 2 aromatic carbocycles. The lowest BCUT2D eigenvalue weighted by atomic mass is 9.74. The molecule has 0 spiro atoms. The number of esters is 1. The van der Waals surface area contributed by atoms with E-state index in [2.05, 4.69) is 5.32 Å². The van der Waals surface area contributed by atoms with Gasteiger partial charge in [-0.3, -0.25) is 14.4 Å². The first-order valence-corrected chi connectivity index (χ1v) is 12.1. The van der Waals surface area contributed by atoms with Crippen LogP contribution in [0.5, 0.6) is 5.75 Å². The average molecular weight is 466 g/mol. The summed E-state index contributed by atoms with van der Waals surface area (Å²) in [5.74, 6) is 0.524. The van der Waals surface area contributed by atoms with E-state index in [9.17, 15) is 14.4 Å². The van der Waals surface area contributed by atoms with Crippen LogP contribution >= 0.6 is 0 Å². The van der Waals surface area contributed by atoms with Crippen LogP contribution in [0.1, 0.15) is 78.7 Å². The molecule has 1 fully saturated rings. The van der Waals surface area contributed by atoms with E-state index in [4.69, 9.17) is 9.47 Å². The lowest BCUT2D eigenvalue weighted by molar-refractivity contribution is -0.157. The lowest BCUT2D eigenvalue weighted by Crippen LogP contribution is -2.37. The summed E-state index contributed by atoms with van der Waals surface area (Å²) in [4.78, 5) is 36.8. The number of aryl methyl sites for hydroxylation is 1. The largest absolute Gasteiger partial charge is 0.490 e. The molecule has 0 heterocycles. The van der Waals surface area contributed by atoms with Gasteiger partial charge >= 0.3 is 5.97 Å². The van der Waals surface area contributed by atoms with Gasteiger partial charge in [-0.05, 0) is 89.3 Å². The van der Waals surface area contributed by atoms with Gasteiger partial charge in [0.1, 0.15) is 5.75 Å². The van der Waals surface area contributed by atoms with Crippen molar-refractivity contribution in [2.75, 3.05) is 13.2 Å². The van der Waals surface area contributed by atoms with Crippen LogP contribution in [0.15, 0.2) is 48.5 Å². The highest BCUT2D eigenvalue weighted by atomic mass is 16.5. The highest BCUT2D eigenvalue weighted by Gasteiger charge is 2.39. The van der Waals surface area contributed by atoms with Crippen LogP contribution in [0.2, 0.25) is 0 Å². The molecule has 0 aliphatic heterocycles. The number of hydrogen-bond donors (Lipinski definition) is 1. The predicted octanol–water partition coefficient (Wildman–Crippen LogP) is 5.28. The smallest absolute Gasteiger partial charge is 0.311 e. The maximum absolute atomic E-state index is 12.5. The molecule has 1 aliphatic carbocycles. The molecule has 1 aliphatic rings. The van der Waals surface area contributed by atoms with Crippen LogP contribution in [0.4, 0.5) is 0 Å². The fourth-order valence-electron chi connectivity index (χ4n) is 4.17. The summed E-state index contributed by atoms with van der Waals surface area (Å²) < 4.78 is 11.3. The van der Waals surface area contributed by atoms with Gasteiger partial charge in [0.05, 0.1) is 18.1 Å². The van der Waals surface area contributed by atoms with Crippen LogP contribution in [0, 0.1) is 12.3 Å². The minimum Gasteiger partial charge on any atom is -0.490 e. The molecular weight excluding hydrogens is 430 g/mol. The molecule has 0 radical (unpaired) electrons. The number of carbonyl (C=O) groups is 3. The number of rotatable bonds is 10. The van der Waals surface area contributed by atoms with E-state index in [1.54, 1.807) is 24.3 Å². The number of hydrogen-bond acceptors (Lipinski definition) is 5. The first-order chi connectivity index (χ1) is 16.3. The van der Waals surface area contributed by atoms with Gasteiger partial charge < -0.3 is 14.8 Å². The third-order valence-electron chi connectivity index (χ3n) is 6.46. The Labute approximate surface area is 202 Å². The van der Waals surface area contributed by atoms with Gasteiger partial charge in [0.2, 0.25) is 0 Å². The van der Waals surface area contributed by atoms with Crippen molar-refractivity contribution >= 4 is 17.7 Å². The van der Waals surface area contributed by atoms with Crippen molar-refractivity contribution in [1.82, 2.24) is 5.32 Å². The number of nitrogens with one attached hydrogen (secondary N) is 1. The number of carbonyl (C=O) groups excluding carboxylic acids is 3. The molecule has 1 amide bonds. The maximum Gasteiger partial charge on any atom is 0.311 e. The summed E-state index contributed by atoms with van der Waals surface area (Å²) in [6.07, 6.45) is 4.08. The highest BCUT2D eigenvalue weighted by Crippen LogP contribution is 2.38. The second kappa shape index (κ2) is 11.8. The van der Waals surface area contributed by atoms with Gasteiger partial charge in [-0.1, -0.05) is 17.7 Å². The Morgan fingerprint density at radius 2 is 1.59 bits per heavy atom. The molecule has 2 aromatic rings. The van der Waals surface area contributed by atoms with Crippen LogP contribution in [0.3, 0.4) is 0 Å². The van der Waals surface area contributed by atoms with Gasteiger partial charge in [-0.25, -0.2) is 0 Å². The van der Waals surface area contributed by atoms with Crippen molar-refractivity contribution in [3.05, 3.63) is 65.2 Å². The van der Waals surface area contributed by atoms with Crippen molar-refractivity contribution in [1.29, 1.82) is 0 Å². The zero-order valence-corrected chi connectivity index (χ0v) is 20.4. The topological polar surface area (TPSA) is 81.7 Å². The van der Waals surface area contributed by atoms with Gasteiger partial charge in [-0.2, -0.15) is 0 Å². The molecule has 3 rings (SSSR count). The maximum atomic E-state index is 12.5. The van der Waals surface area contributed by atoms with Crippen LogP contribution in [-0.2, 0) is 9.53 Å². The lowest BCUT2D eigenvalue weighted by Gasteiger charge is -2.35. The molecule has 34 heavy (non-hydrogen) atoms. The monoisotopic (exact) mass is 465 g/mol. The van der Waals surface area contributed by atoms with Gasteiger partial charge in [0, 0.05) is 24.1 Å².